The third kappa shape index (κ3) is 601000. The Hall–Kier alpha value is -0.0575. The van der Waals surface area contributed by atoms with Crippen LogP contribution in [0.5, 0.6) is 0 Å². The second-order valence-corrected chi connectivity index (χ2v) is 1.91. The van der Waals surface area contributed by atoms with Gasteiger partial charge in [0.25, 0.3) is 0 Å². The van der Waals surface area contributed by atoms with E-state index in [-0.39, 0.29) is 46.9 Å². The first-order chi connectivity index (χ1) is 5.46. The monoisotopic (exact) mass is 276 g/mol. The quantitative estimate of drug-likeness (QED) is 0.212. The molecule has 0 atom stereocenters. The molecule has 0 radical (unpaired) electrons. The minimum atomic E-state index is -4.67. The summed E-state index contributed by atoms with van der Waals surface area (Å²) in [5.41, 5.74) is 0. The van der Waals surface area contributed by atoms with Crippen molar-refractivity contribution in [2.75, 3.05) is 0 Å². The zero-order chi connectivity index (χ0) is 11.7. The maximum absolute atomic E-state index is 8.74. The summed E-state index contributed by atoms with van der Waals surface area (Å²) in [5.74, 6) is 0. The van der Waals surface area contributed by atoms with Gasteiger partial charge in [-0.05, 0) is 0 Å². The van der Waals surface area contributed by atoms with Crippen LogP contribution in [0.4, 0.5) is 9.59 Å². The first-order valence-corrected chi connectivity index (χ1v) is 3.40. The van der Waals surface area contributed by atoms with Crippen molar-refractivity contribution in [3.63, 3.8) is 0 Å². The molecule has 88 valence electrons. The van der Waals surface area contributed by atoms with Crippen molar-refractivity contribution in [3.05, 3.63) is 0 Å². The van der Waals surface area contributed by atoms with Crippen molar-refractivity contribution >= 4 is 69.6 Å². The summed E-state index contributed by atoms with van der Waals surface area (Å²) in [6, 6.07) is 0. The van der Waals surface area contributed by atoms with Crippen LogP contribution in [0.1, 0.15) is 0 Å². The second-order valence-electron chi connectivity index (χ2n) is 1.01. The van der Waals surface area contributed by atoms with Crippen molar-refractivity contribution < 1.29 is 47.5 Å². The fourth-order valence-corrected chi connectivity index (χ4v) is 0. The maximum atomic E-state index is 8.74. The van der Waals surface area contributed by atoms with Gasteiger partial charge < -0.3 is 20.4 Å². The summed E-state index contributed by atoms with van der Waals surface area (Å²) < 4.78 is 31.6. The summed E-state index contributed by atoms with van der Waals surface area (Å²) >= 11 is 0. The van der Waals surface area contributed by atoms with Gasteiger partial charge in [0, 0.05) is 0 Å². The molecule has 0 aromatic rings. The van der Waals surface area contributed by atoms with Crippen LogP contribution in [0.25, 0.3) is 0 Å². The van der Waals surface area contributed by atoms with Crippen molar-refractivity contribution in [2.24, 2.45) is 0 Å². The van der Waals surface area contributed by atoms with Crippen molar-refractivity contribution in [2.45, 2.75) is 0 Å². The van der Waals surface area contributed by atoms with Gasteiger partial charge in [0.1, 0.15) is 0 Å². The van der Waals surface area contributed by atoms with Crippen LogP contribution < -0.4 is 0 Å². The molecule has 13 heteroatoms. The molecule has 0 fully saturated rings. The molecule has 0 saturated carbocycles. The molecule has 10 nitrogen and oxygen atoms in total. The van der Waals surface area contributed by atoms with E-state index in [0.29, 0.717) is 0 Å². The molecule has 0 amide bonds. The normalized spacial score (nSPS) is 7.07. The fourth-order valence-electron chi connectivity index (χ4n) is 0. The van der Waals surface area contributed by atoms with Crippen molar-refractivity contribution in [1.82, 2.24) is 0 Å². The number of carboxylic acid groups (broad SMARTS) is 4. The fraction of sp³-hybridized carbons (Fsp3) is 0. The van der Waals surface area contributed by atoms with Crippen LogP contribution in [0.15, 0.2) is 0 Å². The number of rotatable bonds is 0. The molecule has 0 saturated heterocycles. The molecule has 0 aliphatic heterocycles. The standard InChI is InChI=1S/2CH2O3.Al.Na.H2O4S.4H/c2*2-1(3)4;;;1-5(2,3)4;;;;/h2*(H2,2,3,4);;;(H2,1,2,3,4);;;;. The molecule has 0 aromatic carbocycles. The van der Waals surface area contributed by atoms with Crippen LogP contribution in [-0.4, -0.2) is 97.2 Å². The summed E-state index contributed by atoms with van der Waals surface area (Å²) in [4.78, 5) is 17.1. The zero-order valence-corrected chi connectivity index (χ0v) is 6.54. The molecular weight excluding hydrogens is 266 g/mol. The Bertz CT molecular complexity index is 218. The van der Waals surface area contributed by atoms with Gasteiger partial charge in [-0.2, -0.15) is 8.42 Å². The third-order valence-corrected chi connectivity index (χ3v) is 0. The predicted octanol–water partition coefficient (Wildman–Crippen LogP) is -2.04. The SMILES string of the molecule is O=C(O)O.O=C(O)O.O=S(=O)(O)O.[AlH3].[NaH]. The van der Waals surface area contributed by atoms with Gasteiger partial charge in [-0.15, -0.1) is 0 Å². The first-order valence-electron chi connectivity index (χ1n) is 2.00. The first kappa shape index (κ1) is 29.4. The van der Waals surface area contributed by atoms with E-state index in [9.17, 15) is 0 Å². The van der Waals surface area contributed by atoms with Gasteiger partial charge in [-0.25, -0.2) is 9.59 Å². The molecule has 0 aliphatic rings. The summed E-state index contributed by atoms with van der Waals surface area (Å²) in [6.45, 7) is 0. The Labute approximate surface area is 117 Å². The van der Waals surface area contributed by atoms with E-state index in [0.717, 1.165) is 0 Å². The molecule has 15 heavy (non-hydrogen) atoms. The molecule has 6 N–H and O–H groups in total. The van der Waals surface area contributed by atoms with Gasteiger partial charge in [0.05, 0.1) is 0 Å². The van der Waals surface area contributed by atoms with Gasteiger partial charge in [-0.1, -0.05) is 0 Å². The molecule has 0 heterocycles. The van der Waals surface area contributed by atoms with E-state index in [2.05, 4.69) is 0 Å². The van der Waals surface area contributed by atoms with Crippen LogP contribution in [-0.2, 0) is 10.4 Å². The third-order valence-electron chi connectivity index (χ3n) is 0. The van der Waals surface area contributed by atoms with E-state index in [4.69, 9.17) is 47.5 Å². The zero-order valence-electron chi connectivity index (χ0n) is 5.72. The molecule has 0 bridgehead atoms. The number of carbonyl (C=O) groups is 2. The molecular formula is C2H10AlNaO10S. The number of hydrogen-bond donors (Lipinski definition) is 6. The Morgan fingerprint density at radius 3 is 0.800 bits per heavy atom. The van der Waals surface area contributed by atoms with Crippen LogP contribution in [0.2, 0.25) is 0 Å². The Balaban J connectivity index is -0.0000000315. The summed E-state index contributed by atoms with van der Waals surface area (Å²) in [5, 5.41) is 27.9. The Kier molecular flexibility index (Phi) is 32.1. The average molecular weight is 276 g/mol. The van der Waals surface area contributed by atoms with E-state index in [1.807, 2.05) is 0 Å². The summed E-state index contributed by atoms with van der Waals surface area (Å²) in [6.07, 6.45) is -3.67. The molecule has 0 unspecified atom stereocenters. The van der Waals surface area contributed by atoms with Gasteiger partial charge in [-0.3, -0.25) is 9.11 Å². The topological polar surface area (TPSA) is 190 Å². The molecule has 0 spiro atoms. The Morgan fingerprint density at radius 1 is 0.800 bits per heavy atom. The van der Waals surface area contributed by atoms with E-state index >= 15 is 0 Å². The van der Waals surface area contributed by atoms with E-state index in [1.165, 1.54) is 0 Å². The van der Waals surface area contributed by atoms with Crippen LogP contribution >= 0.6 is 0 Å². The van der Waals surface area contributed by atoms with Crippen molar-refractivity contribution in [1.29, 1.82) is 0 Å². The van der Waals surface area contributed by atoms with Crippen molar-refractivity contribution in [3.8, 4) is 0 Å². The molecule has 0 aromatic heterocycles. The summed E-state index contributed by atoms with van der Waals surface area (Å²) in [7, 11) is -4.67. The van der Waals surface area contributed by atoms with E-state index < -0.39 is 22.7 Å². The Morgan fingerprint density at radius 2 is 0.800 bits per heavy atom. The van der Waals surface area contributed by atoms with E-state index in [1.54, 1.807) is 0 Å². The molecule has 0 aliphatic carbocycles. The van der Waals surface area contributed by atoms with Gasteiger partial charge >= 0.3 is 52.3 Å². The number of hydrogen-bond acceptors (Lipinski definition) is 4. The predicted molar refractivity (Wildman–Crippen MR) is 52.6 cm³/mol. The van der Waals surface area contributed by atoms with Gasteiger partial charge in [0.2, 0.25) is 0 Å². The second kappa shape index (κ2) is 16.4. The molecule has 0 rings (SSSR count). The minimum absolute atomic E-state index is 0. The van der Waals surface area contributed by atoms with Gasteiger partial charge in [0.15, 0.2) is 17.4 Å². The van der Waals surface area contributed by atoms with Crippen LogP contribution in [0, 0.1) is 0 Å². The average Bonchev–Trinajstić information content (AvgIpc) is 1.50. The van der Waals surface area contributed by atoms with Crippen LogP contribution in [0.3, 0.4) is 0 Å².